The molecule has 3 heterocycles. The van der Waals surface area contributed by atoms with Gasteiger partial charge in [-0.05, 0) is 57.2 Å². The number of H-pyrrole nitrogens is 1. The maximum atomic E-state index is 12.6. The summed E-state index contributed by atoms with van der Waals surface area (Å²) in [5.41, 5.74) is 2.36. The van der Waals surface area contributed by atoms with E-state index >= 15 is 0 Å². The third-order valence-corrected chi connectivity index (χ3v) is 4.77. The first-order chi connectivity index (χ1) is 13.1. The molecule has 8 nitrogen and oxygen atoms in total. The average Bonchev–Trinajstić information content (AvgIpc) is 3.04. The Morgan fingerprint density at radius 3 is 2.70 bits per heavy atom. The number of hydrogen-bond donors (Lipinski definition) is 3. The number of aromatic nitrogens is 2. The highest BCUT2D eigenvalue weighted by molar-refractivity contribution is 6.05. The largest absolute Gasteiger partial charge is 0.418 e. The van der Waals surface area contributed by atoms with Gasteiger partial charge in [0, 0.05) is 6.04 Å². The number of aromatic amines is 1. The standard InChI is InChI=1S/C19H21N5O3/c1-24-10-8-12(9-11-24)20-13-4-2-3-5-14(13)22-18(25)15-6-7-16-17(21-15)23-19(26)27-16/h2-7,12,20H,8-11H2,1H3,(H,22,25)(H,21,23,26). The minimum absolute atomic E-state index is 0.202. The number of likely N-dealkylation sites (tertiary alicyclic amines) is 1. The van der Waals surface area contributed by atoms with Crippen LogP contribution in [0.3, 0.4) is 0 Å². The van der Waals surface area contributed by atoms with E-state index in [1.807, 2.05) is 24.3 Å². The summed E-state index contributed by atoms with van der Waals surface area (Å²) < 4.78 is 4.91. The number of amides is 1. The van der Waals surface area contributed by atoms with Crippen molar-refractivity contribution in [3.8, 4) is 0 Å². The molecule has 1 saturated heterocycles. The number of nitrogens with zero attached hydrogens (tertiary/aromatic N) is 2. The first kappa shape index (κ1) is 17.3. The Balaban J connectivity index is 1.51. The van der Waals surface area contributed by atoms with E-state index in [1.165, 1.54) is 6.07 Å². The molecule has 3 aromatic rings. The second-order valence-electron chi connectivity index (χ2n) is 6.78. The van der Waals surface area contributed by atoms with Crippen LogP contribution in [0.4, 0.5) is 11.4 Å². The van der Waals surface area contributed by atoms with E-state index in [-0.39, 0.29) is 17.2 Å². The zero-order chi connectivity index (χ0) is 18.8. The van der Waals surface area contributed by atoms with Gasteiger partial charge in [0.2, 0.25) is 0 Å². The lowest BCUT2D eigenvalue weighted by molar-refractivity contribution is 0.102. The predicted molar refractivity (Wildman–Crippen MR) is 103 cm³/mol. The van der Waals surface area contributed by atoms with Crippen molar-refractivity contribution in [3.05, 3.63) is 52.6 Å². The van der Waals surface area contributed by atoms with Crippen molar-refractivity contribution in [1.29, 1.82) is 0 Å². The first-order valence-electron chi connectivity index (χ1n) is 8.94. The van der Waals surface area contributed by atoms with Gasteiger partial charge >= 0.3 is 5.76 Å². The van der Waals surface area contributed by atoms with Crippen LogP contribution in [0.1, 0.15) is 23.3 Å². The van der Waals surface area contributed by atoms with Gasteiger partial charge in [-0.3, -0.25) is 9.78 Å². The van der Waals surface area contributed by atoms with E-state index in [2.05, 4.69) is 32.5 Å². The SMILES string of the molecule is CN1CCC(Nc2ccccc2NC(=O)c2ccc3oc(=O)[nH]c3n2)CC1. The predicted octanol–water partition coefficient (Wildman–Crippen LogP) is 2.27. The van der Waals surface area contributed by atoms with Gasteiger partial charge in [0.1, 0.15) is 5.69 Å². The fourth-order valence-electron chi connectivity index (χ4n) is 3.24. The Bertz CT molecular complexity index is 1020. The number of para-hydroxylation sites is 2. The first-order valence-corrected chi connectivity index (χ1v) is 8.94. The Morgan fingerprint density at radius 2 is 1.93 bits per heavy atom. The summed E-state index contributed by atoms with van der Waals surface area (Å²) in [5.74, 6) is -0.945. The molecule has 0 atom stereocenters. The van der Waals surface area contributed by atoms with Crippen LogP contribution in [-0.2, 0) is 0 Å². The number of oxazole rings is 1. The van der Waals surface area contributed by atoms with Gasteiger partial charge in [-0.25, -0.2) is 9.78 Å². The van der Waals surface area contributed by atoms with E-state index < -0.39 is 5.76 Å². The molecule has 0 bridgehead atoms. The highest BCUT2D eigenvalue weighted by Gasteiger charge is 2.18. The Hall–Kier alpha value is -3.13. The summed E-state index contributed by atoms with van der Waals surface area (Å²) in [6, 6.07) is 11.1. The zero-order valence-corrected chi connectivity index (χ0v) is 15.0. The fourth-order valence-corrected chi connectivity index (χ4v) is 3.24. The number of anilines is 2. The van der Waals surface area contributed by atoms with E-state index in [4.69, 9.17) is 4.42 Å². The average molecular weight is 367 g/mol. The number of benzene rings is 1. The summed E-state index contributed by atoms with van der Waals surface area (Å²) in [5, 5.41) is 6.44. The van der Waals surface area contributed by atoms with Crippen LogP contribution in [-0.4, -0.2) is 47.0 Å². The van der Waals surface area contributed by atoms with Crippen LogP contribution in [0.25, 0.3) is 11.2 Å². The van der Waals surface area contributed by atoms with Crippen LogP contribution in [0.2, 0.25) is 0 Å². The topological polar surface area (TPSA) is 103 Å². The summed E-state index contributed by atoms with van der Waals surface area (Å²) in [4.78, 5) is 32.8. The molecule has 140 valence electrons. The molecule has 0 spiro atoms. The van der Waals surface area contributed by atoms with Crippen LogP contribution in [0, 0.1) is 0 Å². The Kier molecular flexibility index (Phi) is 4.64. The highest BCUT2D eigenvalue weighted by Crippen LogP contribution is 2.25. The molecule has 1 fully saturated rings. The molecule has 27 heavy (non-hydrogen) atoms. The monoisotopic (exact) mass is 367 g/mol. The van der Waals surface area contributed by atoms with Crippen LogP contribution < -0.4 is 16.4 Å². The summed E-state index contributed by atoms with van der Waals surface area (Å²) in [7, 11) is 2.13. The minimum atomic E-state index is -0.595. The number of nitrogens with one attached hydrogen (secondary N) is 3. The van der Waals surface area contributed by atoms with Crippen LogP contribution in [0.15, 0.2) is 45.6 Å². The van der Waals surface area contributed by atoms with Crippen molar-refractivity contribution >= 4 is 28.5 Å². The van der Waals surface area contributed by atoms with Gasteiger partial charge in [-0.15, -0.1) is 0 Å². The maximum absolute atomic E-state index is 12.6. The molecule has 0 radical (unpaired) electrons. The zero-order valence-electron chi connectivity index (χ0n) is 15.0. The lowest BCUT2D eigenvalue weighted by atomic mass is 10.0. The molecule has 3 N–H and O–H groups in total. The molecule has 1 aliphatic rings. The number of rotatable bonds is 4. The van der Waals surface area contributed by atoms with Crippen molar-refractivity contribution < 1.29 is 9.21 Å². The molecule has 0 unspecified atom stereocenters. The van der Waals surface area contributed by atoms with Crippen molar-refractivity contribution in [2.24, 2.45) is 0 Å². The molecule has 1 aromatic carbocycles. The van der Waals surface area contributed by atoms with Crippen molar-refractivity contribution in [2.45, 2.75) is 18.9 Å². The number of carbonyl (C=O) groups is 1. The van der Waals surface area contributed by atoms with Crippen molar-refractivity contribution in [2.75, 3.05) is 30.8 Å². The lowest BCUT2D eigenvalue weighted by Crippen LogP contribution is -2.36. The molecular formula is C19H21N5O3. The third kappa shape index (κ3) is 3.85. The van der Waals surface area contributed by atoms with Gasteiger partial charge in [0.05, 0.1) is 11.4 Å². The van der Waals surface area contributed by atoms with Gasteiger partial charge in [-0.1, -0.05) is 12.1 Å². The summed E-state index contributed by atoms with van der Waals surface area (Å²) in [6.07, 6.45) is 2.12. The Labute approximate surface area is 155 Å². The molecule has 1 amide bonds. The molecule has 2 aromatic heterocycles. The Morgan fingerprint density at radius 1 is 1.19 bits per heavy atom. The van der Waals surface area contributed by atoms with Gasteiger partial charge < -0.3 is 20.0 Å². The lowest BCUT2D eigenvalue weighted by Gasteiger charge is -2.30. The quantitative estimate of drug-likeness (QED) is 0.654. The minimum Gasteiger partial charge on any atom is -0.406 e. The van der Waals surface area contributed by atoms with Gasteiger partial charge in [-0.2, -0.15) is 0 Å². The summed E-state index contributed by atoms with van der Waals surface area (Å²) >= 11 is 0. The van der Waals surface area contributed by atoms with E-state index in [1.54, 1.807) is 6.07 Å². The fraction of sp³-hybridized carbons (Fsp3) is 0.316. The molecule has 4 rings (SSSR count). The van der Waals surface area contributed by atoms with Gasteiger partial charge in [0.15, 0.2) is 11.2 Å². The van der Waals surface area contributed by atoms with Crippen LogP contribution in [0.5, 0.6) is 0 Å². The molecule has 0 aliphatic carbocycles. The normalized spacial score (nSPS) is 15.7. The number of piperidine rings is 1. The van der Waals surface area contributed by atoms with Crippen LogP contribution >= 0.6 is 0 Å². The third-order valence-electron chi connectivity index (χ3n) is 4.77. The molecular weight excluding hydrogens is 346 g/mol. The number of carbonyl (C=O) groups excluding carboxylic acids is 1. The second kappa shape index (κ2) is 7.24. The number of hydrogen-bond acceptors (Lipinski definition) is 6. The van der Waals surface area contributed by atoms with E-state index in [0.717, 1.165) is 31.6 Å². The maximum Gasteiger partial charge on any atom is 0.418 e. The van der Waals surface area contributed by atoms with E-state index in [9.17, 15) is 9.59 Å². The van der Waals surface area contributed by atoms with E-state index in [0.29, 0.717) is 17.3 Å². The number of pyridine rings is 1. The second-order valence-corrected chi connectivity index (χ2v) is 6.78. The molecule has 1 aliphatic heterocycles. The van der Waals surface area contributed by atoms with Crippen molar-refractivity contribution in [1.82, 2.24) is 14.9 Å². The molecule has 0 saturated carbocycles. The smallest absolute Gasteiger partial charge is 0.406 e. The molecule has 8 heteroatoms. The number of fused-ring (bicyclic) bond motifs is 1. The summed E-state index contributed by atoms with van der Waals surface area (Å²) in [6.45, 7) is 2.11. The highest BCUT2D eigenvalue weighted by atomic mass is 16.4. The van der Waals surface area contributed by atoms with Gasteiger partial charge in [0.25, 0.3) is 5.91 Å². The van der Waals surface area contributed by atoms with Crippen molar-refractivity contribution in [3.63, 3.8) is 0 Å².